The van der Waals surface area contributed by atoms with Crippen LogP contribution in [0.15, 0.2) is 0 Å². The maximum atomic E-state index is 12.4. The van der Waals surface area contributed by atoms with Gasteiger partial charge >= 0.3 is 0 Å². The number of likely N-dealkylation sites (tertiary alicyclic amines) is 1. The van der Waals surface area contributed by atoms with Crippen molar-refractivity contribution in [1.82, 2.24) is 9.88 Å². The molecular formula is C16H24N2O2S. The minimum absolute atomic E-state index is 0.155. The van der Waals surface area contributed by atoms with E-state index < -0.39 is 0 Å². The Kier molecular flexibility index (Phi) is 4.60. The van der Waals surface area contributed by atoms with Crippen molar-refractivity contribution in [3.63, 3.8) is 0 Å². The number of aromatic nitrogens is 1. The van der Waals surface area contributed by atoms with E-state index in [1.165, 1.54) is 9.88 Å². The Labute approximate surface area is 130 Å². The van der Waals surface area contributed by atoms with Gasteiger partial charge in [0.05, 0.1) is 23.2 Å². The average molecular weight is 308 g/mol. The van der Waals surface area contributed by atoms with Crippen molar-refractivity contribution in [2.45, 2.75) is 58.0 Å². The molecule has 2 unspecified atom stereocenters. The number of hydrogen-bond donors (Lipinski definition) is 0. The smallest absolute Gasteiger partial charge is 0.225 e. The van der Waals surface area contributed by atoms with E-state index in [4.69, 9.17) is 4.74 Å². The molecule has 0 aromatic carbocycles. The molecule has 2 fully saturated rings. The first kappa shape index (κ1) is 15.0. The zero-order chi connectivity index (χ0) is 14.8. The number of amides is 1. The Balaban J connectivity index is 1.60. The van der Waals surface area contributed by atoms with E-state index in [1.54, 1.807) is 11.3 Å². The third kappa shape index (κ3) is 3.46. The van der Waals surface area contributed by atoms with Crippen molar-refractivity contribution in [3.05, 3.63) is 15.6 Å². The van der Waals surface area contributed by atoms with Crippen LogP contribution >= 0.6 is 11.3 Å². The Morgan fingerprint density at radius 3 is 2.90 bits per heavy atom. The third-order valence-electron chi connectivity index (χ3n) is 4.59. The summed E-state index contributed by atoms with van der Waals surface area (Å²) in [6.45, 7) is 6.74. The Bertz CT molecular complexity index is 489. The summed E-state index contributed by atoms with van der Waals surface area (Å²) in [4.78, 5) is 20.4. The van der Waals surface area contributed by atoms with Gasteiger partial charge in [-0.25, -0.2) is 4.98 Å². The number of piperidine rings is 1. The van der Waals surface area contributed by atoms with Crippen molar-refractivity contribution in [1.29, 1.82) is 0 Å². The van der Waals surface area contributed by atoms with Gasteiger partial charge in [0.15, 0.2) is 0 Å². The SMILES string of the molecule is Cc1nc(C2CCCN(C(=O)CC3CCCO3)C2)sc1C. The summed E-state index contributed by atoms with van der Waals surface area (Å²) >= 11 is 1.79. The van der Waals surface area contributed by atoms with E-state index >= 15 is 0 Å². The summed E-state index contributed by atoms with van der Waals surface area (Å²) in [5.41, 5.74) is 1.14. The predicted molar refractivity (Wildman–Crippen MR) is 83.7 cm³/mol. The highest BCUT2D eigenvalue weighted by Gasteiger charge is 2.29. The predicted octanol–water partition coefficient (Wildman–Crippen LogP) is 3.04. The molecule has 21 heavy (non-hydrogen) atoms. The molecule has 2 aliphatic rings. The van der Waals surface area contributed by atoms with E-state index in [0.717, 1.165) is 51.1 Å². The topological polar surface area (TPSA) is 42.4 Å². The van der Waals surface area contributed by atoms with Gasteiger partial charge in [0.1, 0.15) is 0 Å². The van der Waals surface area contributed by atoms with Crippen molar-refractivity contribution in [2.75, 3.05) is 19.7 Å². The lowest BCUT2D eigenvalue weighted by molar-refractivity contribution is -0.134. The van der Waals surface area contributed by atoms with Crippen LogP contribution in [0.3, 0.4) is 0 Å². The Morgan fingerprint density at radius 2 is 2.24 bits per heavy atom. The summed E-state index contributed by atoms with van der Waals surface area (Å²) < 4.78 is 5.59. The molecule has 5 heteroatoms. The number of thiazole rings is 1. The number of ether oxygens (including phenoxy) is 1. The Morgan fingerprint density at radius 1 is 1.38 bits per heavy atom. The molecule has 0 radical (unpaired) electrons. The highest BCUT2D eigenvalue weighted by Crippen LogP contribution is 2.31. The van der Waals surface area contributed by atoms with Crippen LogP contribution < -0.4 is 0 Å². The fraction of sp³-hybridized carbons (Fsp3) is 0.750. The van der Waals surface area contributed by atoms with Gasteiger partial charge in [0.25, 0.3) is 0 Å². The van der Waals surface area contributed by atoms with Crippen molar-refractivity contribution < 1.29 is 9.53 Å². The molecule has 0 aliphatic carbocycles. The first-order chi connectivity index (χ1) is 10.1. The molecule has 4 nitrogen and oxygen atoms in total. The number of rotatable bonds is 3. The van der Waals surface area contributed by atoms with Gasteiger partial charge in [0, 0.05) is 30.5 Å². The number of aryl methyl sites for hydroxylation is 2. The quantitative estimate of drug-likeness (QED) is 0.862. The molecule has 2 aliphatic heterocycles. The standard InChI is InChI=1S/C16H24N2O2S/c1-11-12(2)21-16(17-11)13-5-3-7-18(10-13)15(19)9-14-6-4-8-20-14/h13-14H,3-10H2,1-2H3. The first-order valence-corrected chi connectivity index (χ1v) is 8.78. The van der Waals surface area contributed by atoms with Crippen molar-refractivity contribution in [2.24, 2.45) is 0 Å². The molecule has 1 aromatic rings. The second-order valence-corrected chi connectivity index (χ2v) is 7.45. The molecule has 1 amide bonds. The number of carbonyl (C=O) groups excluding carboxylic acids is 1. The van der Waals surface area contributed by atoms with Crippen LogP contribution in [0.1, 0.15) is 53.6 Å². The molecule has 0 saturated carbocycles. The lowest BCUT2D eigenvalue weighted by Crippen LogP contribution is -2.40. The molecule has 3 heterocycles. The van der Waals surface area contributed by atoms with E-state index in [1.807, 2.05) is 4.90 Å². The minimum atomic E-state index is 0.155. The average Bonchev–Trinajstić information content (AvgIpc) is 3.10. The van der Waals surface area contributed by atoms with E-state index in [0.29, 0.717) is 12.3 Å². The van der Waals surface area contributed by atoms with Crippen molar-refractivity contribution >= 4 is 17.2 Å². The highest BCUT2D eigenvalue weighted by atomic mass is 32.1. The van der Waals surface area contributed by atoms with Gasteiger partial charge < -0.3 is 9.64 Å². The van der Waals surface area contributed by atoms with Gasteiger partial charge in [0.2, 0.25) is 5.91 Å². The number of carbonyl (C=O) groups is 1. The monoisotopic (exact) mass is 308 g/mol. The van der Waals surface area contributed by atoms with Crippen LogP contribution in [-0.4, -0.2) is 41.6 Å². The lowest BCUT2D eigenvalue weighted by atomic mass is 9.98. The third-order valence-corrected chi connectivity index (χ3v) is 5.83. The van der Waals surface area contributed by atoms with Crippen molar-refractivity contribution in [3.8, 4) is 0 Å². The molecule has 0 spiro atoms. The normalized spacial score (nSPS) is 26.3. The molecule has 1 aromatic heterocycles. The summed E-state index contributed by atoms with van der Waals surface area (Å²) in [7, 11) is 0. The zero-order valence-electron chi connectivity index (χ0n) is 12.9. The largest absolute Gasteiger partial charge is 0.378 e. The molecule has 3 rings (SSSR count). The first-order valence-electron chi connectivity index (χ1n) is 7.97. The number of hydrogen-bond acceptors (Lipinski definition) is 4. The molecule has 116 valence electrons. The van der Waals surface area contributed by atoms with E-state index in [-0.39, 0.29) is 12.0 Å². The fourth-order valence-electron chi connectivity index (χ4n) is 3.21. The summed E-state index contributed by atoms with van der Waals surface area (Å²) in [6, 6.07) is 0. The second kappa shape index (κ2) is 6.44. The van der Waals surface area contributed by atoms with Crippen LogP contribution in [0.5, 0.6) is 0 Å². The number of nitrogens with zero attached hydrogens (tertiary/aromatic N) is 2. The second-order valence-electron chi connectivity index (χ2n) is 6.21. The van der Waals surface area contributed by atoms with Gasteiger partial charge in [-0.1, -0.05) is 0 Å². The van der Waals surface area contributed by atoms with E-state index in [9.17, 15) is 4.79 Å². The van der Waals surface area contributed by atoms with E-state index in [2.05, 4.69) is 18.8 Å². The van der Waals surface area contributed by atoms with Crippen LogP contribution in [0.25, 0.3) is 0 Å². The summed E-state index contributed by atoms with van der Waals surface area (Å²) in [5, 5.41) is 1.21. The van der Waals surface area contributed by atoms with Crippen LogP contribution in [-0.2, 0) is 9.53 Å². The maximum absolute atomic E-state index is 12.4. The van der Waals surface area contributed by atoms with Gasteiger partial charge in [-0.15, -0.1) is 11.3 Å². The van der Waals surface area contributed by atoms with Gasteiger partial charge in [-0.05, 0) is 39.5 Å². The zero-order valence-corrected chi connectivity index (χ0v) is 13.7. The van der Waals surface area contributed by atoms with Crippen LogP contribution in [0.4, 0.5) is 0 Å². The molecule has 0 bridgehead atoms. The highest BCUT2D eigenvalue weighted by molar-refractivity contribution is 7.11. The van der Waals surface area contributed by atoms with Crippen LogP contribution in [0.2, 0.25) is 0 Å². The maximum Gasteiger partial charge on any atom is 0.225 e. The van der Waals surface area contributed by atoms with Crippen LogP contribution in [0, 0.1) is 13.8 Å². The fourth-order valence-corrected chi connectivity index (χ4v) is 4.26. The molecule has 0 N–H and O–H groups in total. The summed E-state index contributed by atoms with van der Waals surface area (Å²) in [5.74, 6) is 0.682. The molecular weight excluding hydrogens is 284 g/mol. The Hall–Kier alpha value is -0.940. The summed E-state index contributed by atoms with van der Waals surface area (Å²) in [6.07, 6.45) is 5.08. The van der Waals surface area contributed by atoms with Gasteiger partial charge in [-0.2, -0.15) is 0 Å². The van der Waals surface area contributed by atoms with Gasteiger partial charge in [-0.3, -0.25) is 4.79 Å². The lowest BCUT2D eigenvalue weighted by Gasteiger charge is -2.32. The molecule has 2 atom stereocenters. The molecule has 2 saturated heterocycles. The minimum Gasteiger partial charge on any atom is -0.378 e.